The van der Waals surface area contributed by atoms with Crippen LogP contribution in [-0.2, 0) is 7.05 Å². The topological polar surface area (TPSA) is 22.2 Å². The van der Waals surface area contributed by atoms with Crippen LogP contribution < -0.4 is 0 Å². The number of hydrogen-bond acceptors (Lipinski definition) is 2. The van der Waals surface area contributed by atoms with E-state index in [1.807, 2.05) is 64.8 Å². The SMILES string of the molecule is Cn1ccn2c(=S)nc(-c3ccccc3)cc12. The first kappa shape index (κ1) is 10.2. The van der Waals surface area contributed by atoms with E-state index in [0.29, 0.717) is 4.77 Å². The minimum Gasteiger partial charge on any atom is -0.336 e. The van der Waals surface area contributed by atoms with Gasteiger partial charge < -0.3 is 4.57 Å². The number of nitrogens with zero attached hydrogens (tertiary/aromatic N) is 3. The van der Waals surface area contributed by atoms with E-state index in [1.54, 1.807) is 0 Å². The molecule has 3 aromatic rings. The van der Waals surface area contributed by atoms with Crippen molar-refractivity contribution in [2.75, 3.05) is 0 Å². The molecule has 0 aliphatic heterocycles. The zero-order chi connectivity index (χ0) is 11.8. The molecular weight excluding hydrogens is 230 g/mol. The molecule has 0 saturated heterocycles. The lowest BCUT2D eigenvalue weighted by Crippen LogP contribution is -1.95. The molecule has 0 N–H and O–H groups in total. The molecule has 0 aliphatic carbocycles. The standard InChI is InChI=1S/C13H11N3S/c1-15-7-8-16-12(15)9-11(14-13(16)17)10-5-3-2-4-6-10/h2-9H,1H3. The molecule has 2 heterocycles. The Hall–Kier alpha value is -1.94. The summed E-state index contributed by atoms with van der Waals surface area (Å²) in [6.45, 7) is 0. The molecule has 3 rings (SSSR count). The summed E-state index contributed by atoms with van der Waals surface area (Å²) >= 11 is 5.29. The Bertz CT molecular complexity index is 725. The molecular formula is C13H11N3S. The third-order valence-electron chi connectivity index (χ3n) is 2.81. The van der Waals surface area contributed by atoms with E-state index < -0.39 is 0 Å². The largest absolute Gasteiger partial charge is 0.336 e. The third-order valence-corrected chi connectivity index (χ3v) is 3.09. The molecule has 0 aliphatic rings. The Morgan fingerprint density at radius 1 is 1.12 bits per heavy atom. The highest BCUT2D eigenvalue weighted by molar-refractivity contribution is 7.71. The van der Waals surface area contributed by atoms with Crippen LogP contribution in [0.1, 0.15) is 0 Å². The number of aryl methyl sites for hydroxylation is 1. The molecule has 0 amide bonds. The fourth-order valence-electron chi connectivity index (χ4n) is 1.89. The highest BCUT2D eigenvalue weighted by atomic mass is 32.1. The zero-order valence-electron chi connectivity index (χ0n) is 9.37. The van der Waals surface area contributed by atoms with Crippen molar-refractivity contribution in [3.63, 3.8) is 0 Å². The first-order valence-electron chi connectivity index (χ1n) is 5.36. The number of rotatable bonds is 1. The fourth-order valence-corrected chi connectivity index (χ4v) is 2.14. The van der Waals surface area contributed by atoms with Crippen molar-refractivity contribution in [3.05, 3.63) is 53.6 Å². The van der Waals surface area contributed by atoms with Crippen LogP contribution in [-0.4, -0.2) is 14.0 Å². The predicted octanol–water partition coefficient (Wildman–Crippen LogP) is 3.07. The molecule has 2 aromatic heterocycles. The van der Waals surface area contributed by atoms with E-state index in [4.69, 9.17) is 12.2 Å². The minimum absolute atomic E-state index is 0.585. The maximum absolute atomic E-state index is 5.29. The van der Waals surface area contributed by atoms with E-state index in [1.165, 1.54) is 0 Å². The van der Waals surface area contributed by atoms with Gasteiger partial charge in [-0.15, -0.1) is 0 Å². The molecule has 0 atom stereocenters. The van der Waals surface area contributed by atoms with Crippen LogP contribution in [0.5, 0.6) is 0 Å². The van der Waals surface area contributed by atoms with Gasteiger partial charge in [0.25, 0.3) is 0 Å². The van der Waals surface area contributed by atoms with Gasteiger partial charge in [0, 0.05) is 31.1 Å². The van der Waals surface area contributed by atoms with Gasteiger partial charge in [-0.05, 0) is 12.2 Å². The van der Waals surface area contributed by atoms with Gasteiger partial charge in [0.15, 0.2) is 0 Å². The highest BCUT2D eigenvalue weighted by Gasteiger charge is 2.04. The van der Waals surface area contributed by atoms with E-state index in [-0.39, 0.29) is 0 Å². The Morgan fingerprint density at radius 3 is 2.65 bits per heavy atom. The van der Waals surface area contributed by atoms with Gasteiger partial charge in [0.05, 0.1) is 5.69 Å². The van der Waals surface area contributed by atoms with Gasteiger partial charge in [-0.2, -0.15) is 0 Å². The van der Waals surface area contributed by atoms with Crippen LogP contribution in [0.15, 0.2) is 48.8 Å². The first-order chi connectivity index (χ1) is 8.25. The first-order valence-corrected chi connectivity index (χ1v) is 5.77. The molecule has 0 radical (unpaired) electrons. The number of benzene rings is 1. The summed E-state index contributed by atoms with van der Waals surface area (Å²) < 4.78 is 4.52. The second-order valence-electron chi connectivity index (χ2n) is 3.93. The van der Waals surface area contributed by atoms with Gasteiger partial charge in [0.1, 0.15) is 5.65 Å². The summed E-state index contributed by atoms with van der Waals surface area (Å²) in [6, 6.07) is 12.1. The predicted molar refractivity (Wildman–Crippen MR) is 70.4 cm³/mol. The summed E-state index contributed by atoms with van der Waals surface area (Å²) in [7, 11) is 2.00. The summed E-state index contributed by atoms with van der Waals surface area (Å²) in [6.07, 6.45) is 3.90. The van der Waals surface area contributed by atoms with Crippen LogP contribution in [0.3, 0.4) is 0 Å². The number of aromatic nitrogens is 3. The van der Waals surface area contributed by atoms with Crippen molar-refractivity contribution < 1.29 is 0 Å². The van der Waals surface area contributed by atoms with Crippen LogP contribution in [0.2, 0.25) is 0 Å². The van der Waals surface area contributed by atoms with Crippen LogP contribution in [0.4, 0.5) is 0 Å². The smallest absolute Gasteiger partial charge is 0.205 e. The van der Waals surface area contributed by atoms with Crippen molar-refractivity contribution in [2.45, 2.75) is 0 Å². The quantitative estimate of drug-likeness (QED) is 0.611. The lowest BCUT2D eigenvalue weighted by molar-refractivity contribution is 0.940. The Balaban J connectivity index is 2.32. The normalized spacial score (nSPS) is 10.9. The van der Waals surface area contributed by atoms with Crippen molar-refractivity contribution in [1.29, 1.82) is 0 Å². The summed E-state index contributed by atoms with van der Waals surface area (Å²) in [5.74, 6) is 0. The maximum Gasteiger partial charge on any atom is 0.205 e. The van der Waals surface area contributed by atoms with Gasteiger partial charge in [-0.1, -0.05) is 30.3 Å². The van der Waals surface area contributed by atoms with Crippen LogP contribution in [0.25, 0.3) is 16.9 Å². The average molecular weight is 241 g/mol. The lowest BCUT2D eigenvalue weighted by atomic mass is 10.1. The fraction of sp³-hybridized carbons (Fsp3) is 0.0769. The molecule has 17 heavy (non-hydrogen) atoms. The molecule has 3 nitrogen and oxygen atoms in total. The van der Waals surface area contributed by atoms with E-state index in [2.05, 4.69) is 4.98 Å². The summed E-state index contributed by atoms with van der Waals surface area (Å²) in [5.41, 5.74) is 3.04. The minimum atomic E-state index is 0.585. The van der Waals surface area contributed by atoms with E-state index in [9.17, 15) is 0 Å². The third kappa shape index (κ3) is 1.66. The Labute approximate surface area is 104 Å². The van der Waals surface area contributed by atoms with Crippen molar-refractivity contribution in [2.24, 2.45) is 7.05 Å². The van der Waals surface area contributed by atoms with Gasteiger partial charge in [-0.25, -0.2) is 4.98 Å². The molecule has 1 aromatic carbocycles. The summed E-state index contributed by atoms with van der Waals surface area (Å²) in [5, 5.41) is 0. The van der Waals surface area contributed by atoms with Gasteiger partial charge in [-0.3, -0.25) is 4.40 Å². The molecule has 0 fully saturated rings. The second kappa shape index (κ2) is 3.82. The van der Waals surface area contributed by atoms with E-state index >= 15 is 0 Å². The van der Waals surface area contributed by atoms with Crippen LogP contribution >= 0.6 is 12.2 Å². The molecule has 0 unspecified atom stereocenters. The molecule has 4 heteroatoms. The molecule has 0 spiro atoms. The second-order valence-corrected chi connectivity index (χ2v) is 4.29. The van der Waals surface area contributed by atoms with Gasteiger partial charge >= 0.3 is 0 Å². The zero-order valence-corrected chi connectivity index (χ0v) is 10.2. The molecule has 0 bridgehead atoms. The maximum atomic E-state index is 5.29. The van der Waals surface area contributed by atoms with E-state index in [0.717, 1.165) is 16.9 Å². The van der Waals surface area contributed by atoms with Crippen LogP contribution in [0, 0.1) is 4.77 Å². The number of fused-ring (bicyclic) bond motifs is 1. The monoisotopic (exact) mass is 241 g/mol. The van der Waals surface area contributed by atoms with Crippen molar-refractivity contribution in [1.82, 2.24) is 14.0 Å². The Morgan fingerprint density at radius 2 is 1.88 bits per heavy atom. The highest BCUT2D eigenvalue weighted by Crippen LogP contribution is 2.18. The number of hydrogen-bond donors (Lipinski definition) is 0. The molecule has 84 valence electrons. The van der Waals surface area contributed by atoms with Gasteiger partial charge in [0.2, 0.25) is 4.77 Å². The number of imidazole rings is 1. The molecule has 0 saturated carbocycles. The Kier molecular flexibility index (Phi) is 2.30. The van der Waals surface area contributed by atoms with Crippen molar-refractivity contribution >= 4 is 17.9 Å². The van der Waals surface area contributed by atoms with Crippen molar-refractivity contribution in [3.8, 4) is 11.3 Å². The summed E-state index contributed by atoms with van der Waals surface area (Å²) in [4.78, 5) is 4.45. The average Bonchev–Trinajstić information content (AvgIpc) is 2.73. The lowest BCUT2D eigenvalue weighted by Gasteiger charge is -2.03.